The van der Waals surface area contributed by atoms with E-state index < -0.39 is 0 Å². The summed E-state index contributed by atoms with van der Waals surface area (Å²) in [5.74, 6) is 0.186. The number of amides is 1. The third-order valence-corrected chi connectivity index (χ3v) is 4.89. The van der Waals surface area contributed by atoms with E-state index in [1.165, 1.54) is 70.6 Å². The van der Waals surface area contributed by atoms with Crippen LogP contribution in [0.4, 0.5) is 0 Å². The van der Waals surface area contributed by atoms with Crippen molar-refractivity contribution in [3.8, 4) is 0 Å². The van der Waals surface area contributed by atoms with Gasteiger partial charge in [0.1, 0.15) is 6.61 Å². The molecule has 146 valence electrons. The zero-order chi connectivity index (χ0) is 18.0. The highest BCUT2D eigenvalue weighted by atomic mass is 16.6. The van der Waals surface area contributed by atoms with E-state index in [1.54, 1.807) is 0 Å². The average molecular weight is 353 g/mol. The second-order valence-corrected chi connectivity index (χ2v) is 7.33. The van der Waals surface area contributed by atoms with Gasteiger partial charge < -0.3 is 10.2 Å². The maximum atomic E-state index is 11.8. The third kappa shape index (κ3) is 13.9. The molecule has 1 saturated heterocycles. The molecule has 1 rings (SSSR count). The monoisotopic (exact) mass is 352 g/mol. The molecular formula is C21H40N2O2. The molecule has 1 amide bonds. The first kappa shape index (κ1) is 22.0. The molecule has 0 unspecified atom stereocenters. The molecule has 0 radical (unpaired) electrons. The molecule has 0 atom stereocenters. The summed E-state index contributed by atoms with van der Waals surface area (Å²) in [5, 5.41) is 7.41. The van der Waals surface area contributed by atoms with E-state index in [2.05, 4.69) is 17.4 Å². The van der Waals surface area contributed by atoms with Gasteiger partial charge in [0.15, 0.2) is 0 Å². The summed E-state index contributed by atoms with van der Waals surface area (Å²) in [5.41, 5.74) is 1.11. The second-order valence-electron chi connectivity index (χ2n) is 7.33. The van der Waals surface area contributed by atoms with Crippen molar-refractivity contribution in [2.24, 2.45) is 5.16 Å². The Morgan fingerprint density at radius 2 is 1.48 bits per heavy atom. The molecule has 0 aromatic rings. The fraction of sp³-hybridized carbons (Fsp3) is 0.905. The number of nitrogens with zero attached hydrogens (tertiary/aromatic N) is 1. The van der Waals surface area contributed by atoms with E-state index in [-0.39, 0.29) is 5.91 Å². The Bertz CT molecular complexity index is 356. The van der Waals surface area contributed by atoms with Crippen LogP contribution in [0.3, 0.4) is 0 Å². The van der Waals surface area contributed by atoms with Gasteiger partial charge in [-0.2, -0.15) is 0 Å². The van der Waals surface area contributed by atoms with Gasteiger partial charge in [-0.3, -0.25) is 4.79 Å². The lowest BCUT2D eigenvalue weighted by Crippen LogP contribution is -2.25. The first-order chi connectivity index (χ1) is 12.3. The van der Waals surface area contributed by atoms with Gasteiger partial charge in [-0.1, -0.05) is 69.9 Å². The van der Waals surface area contributed by atoms with E-state index in [0.717, 1.165) is 38.0 Å². The van der Waals surface area contributed by atoms with Gasteiger partial charge in [-0.05, 0) is 32.1 Å². The molecule has 1 aliphatic rings. The predicted octanol–water partition coefficient (Wildman–Crippen LogP) is 5.75. The summed E-state index contributed by atoms with van der Waals surface area (Å²) in [6.45, 7) is 3.65. The van der Waals surface area contributed by atoms with Gasteiger partial charge in [-0.15, -0.1) is 0 Å². The number of carbonyl (C=O) groups excluding carboxylic acids is 1. The van der Waals surface area contributed by atoms with Crippen LogP contribution in [0, 0.1) is 0 Å². The molecule has 1 heterocycles. The number of unbranched alkanes of at least 4 members (excludes halogenated alkanes) is 4. The highest BCUT2D eigenvalue weighted by Crippen LogP contribution is 2.12. The standard InChI is InChI=1S/C21H40N2O2/c1-2-3-4-11-14-19-25-23-20-15-12-9-7-5-6-8-10-13-16-21(24)22-18-17-20/h2-19H2,1H3,(H,22,24)/b23-20+. The lowest BCUT2D eigenvalue weighted by Gasteiger charge is -2.08. The van der Waals surface area contributed by atoms with E-state index in [9.17, 15) is 4.79 Å². The molecule has 4 nitrogen and oxygen atoms in total. The minimum atomic E-state index is 0.186. The van der Waals surface area contributed by atoms with Crippen LogP contribution in [0.15, 0.2) is 5.16 Å². The zero-order valence-corrected chi connectivity index (χ0v) is 16.5. The van der Waals surface area contributed by atoms with Crippen molar-refractivity contribution >= 4 is 11.6 Å². The first-order valence-electron chi connectivity index (χ1n) is 10.8. The number of hydrogen-bond acceptors (Lipinski definition) is 3. The summed E-state index contributed by atoms with van der Waals surface area (Å²) < 4.78 is 0. The van der Waals surface area contributed by atoms with Gasteiger partial charge in [0.25, 0.3) is 0 Å². The summed E-state index contributed by atoms with van der Waals surface area (Å²) >= 11 is 0. The molecule has 0 spiro atoms. The quantitative estimate of drug-likeness (QED) is 0.468. The minimum Gasteiger partial charge on any atom is -0.396 e. The fourth-order valence-corrected chi connectivity index (χ4v) is 3.23. The molecule has 0 aromatic carbocycles. The average Bonchev–Trinajstić information content (AvgIpc) is 2.62. The third-order valence-electron chi connectivity index (χ3n) is 4.89. The lowest BCUT2D eigenvalue weighted by atomic mass is 10.0. The molecule has 4 heteroatoms. The summed E-state index contributed by atoms with van der Waals surface area (Å²) in [6.07, 6.45) is 18.6. The number of hydrogen-bond donors (Lipinski definition) is 1. The van der Waals surface area contributed by atoms with Crippen LogP contribution in [0.2, 0.25) is 0 Å². The molecule has 0 saturated carbocycles. The Balaban J connectivity index is 2.31. The van der Waals surface area contributed by atoms with Crippen molar-refractivity contribution in [2.45, 2.75) is 110 Å². The fourth-order valence-electron chi connectivity index (χ4n) is 3.23. The largest absolute Gasteiger partial charge is 0.396 e. The topological polar surface area (TPSA) is 50.7 Å². The van der Waals surface area contributed by atoms with Crippen molar-refractivity contribution in [3.05, 3.63) is 0 Å². The molecule has 0 bridgehead atoms. The number of nitrogens with one attached hydrogen (secondary N) is 1. The van der Waals surface area contributed by atoms with Crippen LogP contribution in [-0.2, 0) is 9.63 Å². The van der Waals surface area contributed by atoms with Crippen molar-refractivity contribution in [3.63, 3.8) is 0 Å². The van der Waals surface area contributed by atoms with Crippen LogP contribution in [0.25, 0.3) is 0 Å². The molecular weight excluding hydrogens is 312 g/mol. The van der Waals surface area contributed by atoms with E-state index in [4.69, 9.17) is 4.84 Å². The zero-order valence-electron chi connectivity index (χ0n) is 16.5. The van der Waals surface area contributed by atoms with Crippen LogP contribution in [0.1, 0.15) is 110 Å². The van der Waals surface area contributed by atoms with Gasteiger partial charge in [-0.25, -0.2) is 0 Å². The van der Waals surface area contributed by atoms with Gasteiger partial charge >= 0.3 is 0 Å². The predicted molar refractivity (Wildman–Crippen MR) is 106 cm³/mol. The number of oxime groups is 1. The van der Waals surface area contributed by atoms with Crippen molar-refractivity contribution < 1.29 is 9.63 Å². The van der Waals surface area contributed by atoms with Crippen LogP contribution in [0.5, 0.6) is 0 Å². The lowest BCUT2D eigenvalue weighted by molar-refractivity contribution is -0.121. The maximum absolute atomic E-state index is 11.8. The van der Waals surface area contributed by atoms with Crippen LogP contribution >= 0.6 is 0 Å². The SMILES string of the molecule is CCCCCCCO/N=C1\CCCCCCCCCCC(=O)NCC1. The molecule has 25 heavy (non-hydrogen) atoms. The van der Waals surface area contributed by atoms with Crippen molar-refractivity contribution in [2.75, 3.05) is 13.2 Å². The Hall–Kier alpha value is -1.06. The van der Waals surface area contributed by atoms with E-state index in [1.807, 2.05) is 0 Å². The Morgan fingerprint density at radius 1 is 0.840 bits per heavy atom. The van der Waals surface area contributed by atoms with E-state index in [0.29, 0.717) is 13.0 Å². The maximum Gasteiger partial charge on any atom is 0.220 e. The molecule has 1 fully saturated rings. The van der Waals surface area contributed by atoms with Crippen LogP contribution in [-0.4, -0.2) is 24.8 Å². The summed E-state index contributed by atoms with van der Waals surface area (Å²) in [4.78, 5) is 17.4. The Morgan fingerprint density at radius 3 is 2.20 bits per heavy atom. The summed E-state index contributed by atoms with van der Waals surface area (Å²) in [6, 6.07) is 0. The summed E-state index contributed by atoms with van der Waals surface area (Å²) in [7, 11) is 0. The first-order valence-corrected chi connectivity index (χ1v) is 10.8. The van der Waals surface area contributed by atoms with Crippen LogP contribution < -0.4 is 5.32 Å². The smallest absolute Gasteiger partial charge is 0.220 e. The van der Waals surface area contributed by atoms with Gasteiger partial charge in [0, 0.05) is 19.4 Å². The second kappa shape index (κ2) is 16.4. The minimum absolute atomic E-state index is 0.186. The van der Waals surface area contributed by atoms with E-state index >= 15 is 0 Å². The van der Waals surface area contributed by atoms with Gasteiger partial charge in [0.2, 0.25) is 5.91 Å². The Kier molecular flexibility index (Phi) is 14.4. The molecule has 1 N–H and O–H groups in total. The highest BCUT2D eigenvalue weighted by Gasteiger charge is 2.06. The van der Waals surface area contributed by atoms with Crippen molar-refractivity contribution in [1.29, 1.82) is 0 Å². The number of rotatable bonds is 7. The molecule has 0 aromatic heterocycles. The molecule has 1 aliphatic heterocycles. The molecule has 0 aliphatic carbocycles. The van der Waals surface area contributed by atoms with Crippen molar-refractivity contribution in [1.82, 2.24) is 5.32 Å². The Labute approximate surface area is 155 Å². The number of carbonyl (C=O) groups is 1. The highest BCUT2D eigenvalue weighted by molar-refractivity contribution is 5.84. The normalized spacial score (nSPS) is 20.5. The van der Waals surface area contributed by atoms with Gasteiger partial charge in [0.05, 0.1) is 5.71 Å².